The molecule has 0 amide bonds. The van der Waals surface area contributed by atoms with E-state index < -0.39 is 33.7 Å². The van der Waals surface area contributed by atoms with Crippen molar-refractivity contribution in [1.29, 1.82) is 0 Å². The van der Waals surface area contributed by atoms with Crippen LogP contribution in [0.25, 0.3) is 0 Å². The third-order valence-corrected chi connectivity index (χ3v) is 5.08. The third kappa shape index (κ3) is 4.17. The van der Waals surface area contributed by atoms with Crippen molar-refractivity contribution in [1.82, 2.24) is 4.72 Å². The number of carbonyl (C=O) groups is 1. The minimum Gasteiger partial charge on any atom is -0.495 e. The molecule has 6 nitrogen and oxygen atoms in total. The number of benzene rings is 2. The molecule has 0 fully saturated rings. The van der Waals surface area contributed by atoms with Gasteiger partial charge in [0.05, 0.1) is 12.7 Å². The molecule has 0 bridgehead atoms. The van der Waals surface area contributed by atoms with Gasteiger partial charge in [-0.1, -0.05) is 0 Å². The number of hydrogen-bond acceptors (Lipinski definition) is 5. The second-order valence-corrected chi connectivity index (χ2v) is 7.14. The topological polar surface area (TPSA) is 81.7 Å². The Labute approximate surface area is 149 Å². The van der Waals surface area contributed by atoms with Crippen LogP contribution in [0.5, 0.6) is 5.75 Å². The third-order valence-electron chi connectivity index (χ3n) is 3.64. The summed E-state index contributed by atoms with van der Waals surface area (Å²) in [5, 5.41) is 0. The number of halogens is 2. The Balaban J connectivity index is 2.31. The molecule has 2 aromatic rings. The van der Waals surface area contributed by atoms with Gasteiger partial charge < -0.3 is 9.47 Å². The minimum atomic E-state index is -3.87. The molecule has 2 rings (SSSR count). The van der Waals surface area contributed by atoms with Crippen molar-refractivity contribution >= 4 is 16.0 Å². The molecule has 0 saturated carbocycles. The van der Waals surface area contributed by atoms with Gasteiger partial charge in [-0.25, -0.2) is 26.7 Å². The summed E-state index contributed by atoms with van der Waals surface area (Å²) in [6, 6.07) is 6.64. The lowest BCUT2D eigenvalue weighted by Gasteiger charge is -2.15. The quantitative estimate of drug-likeness (QED) is 0.774. The first-order chi connectivity index (χ1) is 12.2. The van der Waals surface area contributed by atoms with Gasteiger partial charge >= 0.3 is 5.97 Å². The van der Waals surface area contributed by atoms with Gasteiger partial charge in [-0.05, 0) is 44.3 Å². The Morgan fingerprint density at radius 2 is 1.85 bits per heavy atom. The first kappa shape index (κ1) is 19.8. The number of methoxy groups -OCH3 is 1. The highest BCUT2D eigenvalue weighted by Gasteiger charge is 2.22. The van der Waals surface area contributed by atoms with Gasteiger partial charge in [0.25, 0.3) is 0 Å². The van der Waals surface area contributed by atoms with Crippen molar-refractivity contribution in [3.8, 4) is 5.75 Å². The number of nitrogens with one attached hydrogen (secondary N) is 1. The van der Waals surface area contributed by atoms with Gasteiger partial charge in [-0.15, -0.1) is 0 Å². The van der Waals surface area contributed by atoms with E-state index in [4.69, 9.17) is 9.47 Å². The smallest absolute Gasteiger partial charge is 0.338 e. The molecular formula is C17H17F2NO5S. The van der Waals surface area contributed by atoms with Crippen LogP contribution in [0.2, 0.25) is 0 Å². The largest absolute Gasteiger partial charge is 0.495 e. The molecule has 0 radical (unpaired) electrons. The van der Waals surface area contributed by atoms with Gasteiger partial charge in [0.1, 0.15) is 28.4 Å². The van der Waals surface area contributed by atoms with Crippen molar-refractivity contribution < 1.29 is 31.5 Å². The van der Waals surface area contributed by atoms with E-state index in [0.717, 1.165) is 12.1 Å². The summed E-state index contributed by atoms with van der Waals surface area (Å²) in [7, 11) is -1.36. The van der Waals surface area contributed by atoms with E-state index in [2.05, 4.69) is 4.72 Å². The number of carbonyl (C=O) groups excluding carboxylic acids is 1. The van der Waals surface area contributed by atoms with Crippen LogP contribution in [0.15, 0.2) is 41.3 Å². The predicted molar refractivity (Wildman–Crippen MR) is 89.4 cm³/mol. The Hall–Kier alpha value is -2.52. The SMILES string of the molecule is CNS(=O)(=O)c1cc(C(=O)OC(C)c2ccc(F)cc2F)ccc1OC. The van der Waals surface area contributed by atoms with Gasteiger partial charge in [0.15, 0.2) is 0 Å². The van der Waals surface area contributed by atoms with E-state index in [0.29, 0.717) is 6.07 Å². The average Bonchev–Trinajstić information content (AvgIpc) is 2.60. The summed E-state index contributed by atoms with van der Waals surface area (Å²) in [5.74, 6) is -2.41. The first-order valence-electron chi connectivity index (χ1n) is 7.47. The van der Waals surface area contributed by atoms with Gasteiger partial charge in [-0.2, -0.15) is 0 Å². The summed E-state index contributed by atoms with van der Waals surface area (Å²) < 4.78 is 63.1. The lowest BCUT2D eigenvalue weighted by atomic mass is 10.1. The molecule has 1 N–H and O–H groups in total. The standard InChI is InChI=1S/C17H17F2NO5S/c1-10(13-6-5-12(18)9-14(13)19)25-17(21)11-4-7-15(24-3)16(8-11)26(22,23)20-2/h4-10,20H,1-3H3. The number of sulfonamides is 1. The van der Waals surface area contributed by atoms with Crippen LogP contribution in [0.4, 0.5) is 8.78 Å². The van der Waals surface area contributed by atoms with E-state index in [-0.39, 0.29) is 21.8 Å². The fraction of sp³-hybridized carbons (Fsp3) is 0.235. The summed E-state index contributed by atoms with van der Waals surface area (Å²) in [6.45, 7) is 1.42. The molecular weight excluding hydrogens is 368 g/mol. The van der Waals surface area contributed by atoms with Gasteiger partial charge in [-0.3, -0.25) is 0 Å². The van der Waals surface area contributed by atoms with E-state index in [1.54, 1.807) is 0 Å². The van der Waals surface area contributed by atoms with Crippen molar-refractivity contribution in [3.05, 3.63) is 59.2 Å². The van der Waals surface area contributed by atoms with Crippen molar-refractivity contribution in [2.45, 2.75) is 17.9 Å². The summed E-state index contributed by atoms with van der Waals surface area (Å²) in [4.78, 5) is 12.1. The predicted octanol–water partition coefficient (Wildman–Crippen LogP) is 2.80. The fourth-order valence-corrected chi connectivity index (χ4v) is 3.17. The highest BCUT2D eigenvalue weighted by Crippen LogP contribution is 2.27. The Morgan fingerprint density at radius 3 is 2.42 bits per heavy atom. The summed E-state index contributed by atoms with van der Waals surface area (Å²) in [5.41, 5.74) is -0.0645. The minimum absolute atomic E-state index is 0.00340. The van der Waals surface area contributed by atoms with Crippen LogP contribution in [-0.4, -0.2) is 28.5 Å². The zero-order chi connectivity index (χ0) is 19.5. The van der Waals surface area contributed by atoms with Gasteiger partial charge in [0.2, 0.25) is 10.0 Å². The number of esters is 1. The molecule has 0 aliphatic heterocycles. The average molecular weight is 385 g/mol. The number of rotatable bonds is 6. The molecule has 140 valence electrons. The molecule has 0 saturated heterocycles. The van der Waals surface area contributed by atoms with Gasteiger partial charge in [0, 0.05) is 11.6 Å². The molecule has 1 atom stereocenters. The second-order valence-electron chi connectivity index (χ2n) is 5.29. The molecule has 0 aliphatic carbocycles. The molecule has 9 heteroatoms. The van der Waals surface area contributed by atoms with Crippen LogP contribution in [-0.2, 0) is 14.8 Å². The van der Waals surface area contributed by atoms with Crippen LogP contribution in [0.3, 0.4) is 0 Å². The maximum absolute atomic E-state index is 13.8. The molecule has 0 heterocycles. The van der Waals surface area contributed by atoms with Crippen LogP contribution in [0, 0.1) is 11.6 Å². The normalized spacial score (nSPS) is 12.5. The van der Waals surface area contributed by atoms with Crippen molar-refractivity contribution in [3.63, 3.8) is 0 Å². The molecule has 1 unspecified atom stereocenters. The summed E-state index contributed by atoms with van der Waals surface area (Å²) >= 11 is 0. The zero-order valence-electron chi connectivity index (χ0n) is 14.2. The second kappa shape index (κ2) is 7.79. The molecule has 0 aromatic heterocycles. The van der Waals surface area contributed by atoms with Crippen LogP contribution in [0.1, 0.15) is 28.9 Å². The number of hydrogen-bond donors (Lipinski definition) is 1. The highest BCUT2D eigenvalue weighted by molar-refractivity contribution is 7.89. The van der Waals surface area contributed by atoms with E-state index in [1.807, 2.05) is 0 Å². The molecule has 0 aliphatic rings. The molecule has 2 aromatic carbocycles. The van der Waals surface area contributed by atoms with E-state index in [9.17, 15) is 22.0 Å². The lowest BCUT2D eigenvalue weighted by Crippen LogP contribution is -2.20. The zero-order valence-corrected chi connectivity index (χ0v) is 15.1. The maximum atomic E-state index is 13.8. The monoisotopic (exact) mass is 385 g/mol. The van der Waals surface area contributed by atoms with E-state index >= 15 is 0 Å². The van der Waals surface area contributed by atoms with Crippen molar-refractivity contribution in [2.24, 2.45) is 0 Å². The Morgan fingerprint density at radius 1 is 1.15 bits per heavy atom. The Bertz CT molecular complexity index is 931. The maximum Gasteiger partial charge on any atom is 0.338 e. The fourth-order valence-electron chi connectivity index (χ4n) is 2.25. The summed E-state index contributed by atoms with van der Waals surface area (Å²) in [6.07, 6.45) is -1.01. The first-order valence-corrected chi connectivity index (χ1v) is 8.95. The molecule has 26 heavy (non-hydrogen) atoms. The lowest BCUT2D eigenvalue weighted by molar-refractivity contribution is 0.0331. The Kier molecular flexibility index (Phi) is 5.94. The van der Waals surface area contributed by atoms with Crippen molar-refractivity contribution in [2.75, 3.05) is 14.2 Å². The van der Waals surface area contributed by atoms with Crippen LogP contribution >= 0.6 is 0 Å². The highest BCUT2D eigenvalue weighted by atomic mass is 32.2. The number of ether oxygens (including phenoxy) is 2. The molecule has 0 spiro atoms. The van der Waals surface area contributed by atoms with E-state index in [1.165, 1.54) is 39.3 Å². The van der Waals surface area contributed by atoms with Crippen LogP contribution < -0.4 is 9.46 Å².